The molecule has 0 aromatic carbocycles. The summed E-state index contributed by atoms with van der Waals surface area (Å²) in [6, 6.07) is 0. The summed E-state index contributed by atoms with van der Waals surface area (Å²) in [5.41, 5.74) is 5.44. The summed E-state index contributed by atoms with van der Waals surface area (Å²) in [5, 5.41) is 0. The van der Waals surface area contributed by atoms with Crippen molar-refractivity contribution in [3.63, 3.8) is 0 Å². The molecule has 0 radical (unpaired) electrons. The lowest BCUT2D eigenvalue weighted by Crippen LogP contribution is -2.50. The molecule has 18 heavy (non-hydrogen) atoms. The van der Waals surface area contributed by atoms with Gasteiger partial charge in [-0.1, -0.05) is 19.8 Å². The first kappa shape index (κ1) is 15.1. The van der Waals surface area contributed by atoms with Crippen molar-refractivity contribution in [2.75, 3.05) is 0 Å². The van der Waals surface area contributed by atoms with Crippen LogP contribution < -0.4 is 5.73 Å². The number of aldehydes is 1. The number of primary amides is 1. The monoisotopic (exact) mass is 257 g/mol. The van der Waals surface area contributed by atoms with Crippen molar-refractivity contribution in [1.82, 2.24) is 0 Å². The summed E-state index contributed by atoms with van der Waals surface area (Å²) in [4.78, 5) is 22.4. The van der Waals surface area contributed by atoms with Crippen LogP contribution in [0.2, 0.25) is 0 Å². The zero-order chi connectivity index (χ0) is 13.8. The molecule has 5 nitrogen and oxygen atoms in total. The third-order valence-electron chi connectivity index (χ3n) is 3.17. The van der Waals surface area contributed by atoms with E-state index >= 15 is 0 Å². The van der Waals surface area contributed by atoms with Crippen LogP contribution in [-0.4, -0.2) is 30.2 Å². The van der Waals surface area contributed by atoms with Crippen molar-refractivity contribution in [1.29, 1.82) is 0 Å². The Bertz CT molecular complexity index is 303. The van der Waals surface area contributed by atoms with Gasteiger partial charge in [0.1, 0.15) is 12.4 Å². The minimum atomic E-state index is -0.853. The maximum absolute atomic E-state index is 11.5. The van der Waals surface area contributed by atoms with E-state index in [4.69, 9.17) is 15.2 Å². The topological polar surface area (TPSA) is 78.6 Å². The van der Waals surface area contributed by atoms with Gasteiger partial charge in [0.15, 0.2) is 5.79 Å². The second-order valence-electron chi connectivity index (χ2n) is 5.24. The van der Waals surface area contributed by atoms with Crippen LogP contribution in [0.1, 0.15) is 46.5 Å². The van der Waals surface area contributed by atoms with E-state index in [0.29, 0.717) is 12.8 Å². The van der Waals surface area contributed by atoms with Gasteiger partial charge in [0.05, 0.1) is 12.0 Å². The van der Waals surface area contributed by atoms with Crippen LogP contribution >= 0.6 is 0 Å². The Morgan fingerprint density at radius 2 is 2.17 bits per heavy atom. The molecule has 1 aliphatic heterocycles. The fraction of sp³-hybridized carbons (Fsp3) is 0.846. The lowest BCUT2D eigenvalue weighted by molar-refractivity contribution is -0.297. The molecule has 2 N–H and O–H groups in total. The molecule has 1 saturated heterocycles. The van der Waals surface area contributed by atoms with Crippen molar-refractivity contribution >= 4 is 12.2 Å². The van der Waals surface area contributed by atoms with Gasteiger partial charge in [-0.25, -0.2) is 0 Å². The van der Waals surface area contributed by atoms with E-state index in [1.165, 1.54) is 0 Å². The molecule has 0 saturated carbocycles. The molecule has 104 valence electrons. The van der Waals surface area contributed by atoms with E-state index in [-0.39, 0.29) is 17.9 Å². The number of hydrogen-bond acceptors (Lipinski definition) is 4. The highest BCUT2D eigenvalue weighted by Crippen LogP contribution is 2.31. The molecule has 1 fully saturated rings. The fourth-order valence-electron chi connectivity index (χ4n) is 2.35. The van der Waals surface area contributed by atoms with Crippen LogP contribution in [0.5, 0.6) is 0 Å². The Labute approximate surface area is 108 Å². The number of amides is 1. The first-order valence-corrected chi connectivity index (χ1v) is 6.50. The molecule has 5 heteroatoms. The molecule has 0 aromatic heterocycles. The number of ether oxygens (including phenoxy) is 2. The lowest BCUT2D eigenvalue weighted by Gasteiger charge is -2.41. The van der Waals surface area contributed by atoms with Crippen molar-refractivity contribution in [3.05, 3.63) is 0 Å². The van der Waals surface area contributed by atoms with E-state index in [0.717, 1.165) is 19.1 Å². The van der Waals surface area contributed by atoms with Crippen LogP contribution in [0, 0.1) is 5.92 Å². The second kappa shape index (κ2) is 6.29. The standard InChI is InChI=1S/C13H23NO4/c1-4-5-6-10(12(14)16)11-7-9(8-15)17-13(2,3)18-11/h8-11H,4-7H2,1-3H3,(H2,14,16). The number of hydrogen-bond donors (Lipinski definition) is 1. The summed E-state index contributed by atoms with van der Waals surface area (Å²) >= 11 is 0. The van der Waals surface area contributed by atoms with Gasteiger partial charge in [-0.15, -0.1) is 0 Å². The van der Waals surface area contributed by atoms with Crippen molar-refractivity contribution in [2.45, 2.75) is 64.4 Å². The fourth-order valence-corrected chi connectivity index (χ4v) is 2.35. The Morgan fingerprint density at radius 1 is 1.50 bits per heavy atom. The lowest BCUT2D eigenvalue weighted by atomic mass is 9.90. The molecule has 0 aliphatic carbocycles. The molecule has 3 atom stereocenters. The number of nitrogens with two attached hydrogens (primary N) is 1. The van der Waals surface area contributed by atoms with Crippen LogP contribution in [0.4, 0.5) is 0 Å². The third kappa shape index (κ3) is 4.07. The van der Waals surface area contributed by atoms with E-state index in [1.807, 2.05) is 0 Å². The van der Waals surface area contributed by atoms with Gasteiger partial charge in [-0.2, -0.15) is 0 Å². The average molecular weight is 257 g/mol. The minimum absolute atomic E-state index is 0.340. The third-order valence-corrected chi connectivity index (χ3v) is 3.17. The van der Waals surface area contributed by atoms with Crippen LogP contribution in [-0.2, 0) is 19.1 Å². The molecule has 1 aliphatic rings. The normalized spacial score (nSPS) is 28.6. The van der Waals surface area contributed by atoms with E-state index in [2.05, 4.69) is 6.92 Å². The zero-order valence-electron chi connectivity index (χ0n) is 11.3. The minimum Gasteiger partial charge on any atom is -0.369 e. The maximum Gasteiger partial charge on any atom is 0.223 e. The Balaban J connectivity index is 2.76. The first-order valence-electron chi connectivity index (χ1n) is 6.50. The van der Waals surface area contributed by atoms with Crippen LogP contribution in [0.3, 0.4) is 0 Å². The second-order valence-corrected chi connectivity index (χ2v) is 5.24. The van der Waals surface area contributed by atoms with Gasteiger partial charge in [-0.05, 0) is 20.3 Å². The van der Waals surface area contributed by atoms with Gasteiger partial charge in [0.25, 0.3) is 0 Å². The highest BCUT2D eigenvalue weighted by atomic mass is 16.7. The van der Waals surface area contributed by atoms with E-state index < -0.39 is 11.9 Å². The molecular weight excluding hydrogens is 234 g/mol. The van der Waals surface area contributed by atoms with Gasteiger partial charge >= 0.3 is 0 Å². The zero-order valence-corrected chi connectivity index (χ0v) is 11.3. The Morgan fingerprint density at radius 3 is 2.67 bits per heavy atom. The van der Waals surface area contributed by atoms with E-state index in [1.54, 1.807) is 13.8 Å². The molecule has 0 spiro atoms. The van der Waals surface area contributed by atoms with Crippen molar-refractivity contribution in [3.8, 4) is 0 Å². The van der Waals surface area contributed by atoms with E-state index in [9.17, 15) is 9.59 Å². The molecule has 3 unspecified atom stereocenters. The molecular formula is C13H23NO4. The van der Waals surface area contributed by atoms with Crippen LogP contribution in [0.25, 0.3) is 0 Å². The summed E-state index contributed by atoms with van der Waals surface area (Å²) < 4.78 is 11.2. The SMILES string of the molecule is CCCCC(C(N)=O)C1CC(C=O)OC(C)(C)O1. The summed E-state index contributed by atoms with van der Waals surface area (Å²) in [7, 11) is 0. The quantitative estimate of drug-likeness (QED) is 0.729. The molecule has 0 aromatic rings. The first-order chi connectivity index (χ1) is 8.39. The molecule has 1 rings (SSSR count). The predicted molar refractivity (Wildman–Crippen MR) is 66.7 cm³/mol. The maximum atomic E-state index is 11.5. The summed E-state index contributed by atoms with van der Waals surface area (Å²) in [6.45, 7) is 5.54. The largest absolute Gasteiger partial charge is 0.369 e. The van der Waals surface area contributed by atoms with Gasteiger partial charge in [0, 0.05) is 6.42 Å². The van der Waals surface area contributed by atoms with Gasteiger partial charge < -0.3 is 20.0 Å². The number of carbonyl (C=O) groups excluding carboxylic acids is 2. The predicted octanol–water partition coefficient (Wildman–Crippen LogP) is 1.39. The van der Waals surface area contributed by atoms with Gasteiger partial charge in [-0.3, -0.25) is 4.79 Å². The molecule has 0 bridgehead atoms. The summed E-state index contributed by atoms with van der Waals surface area (Å²) in [5.74, 6) is -1.57. The summed E-state index contributed by atoms with van der Waals surface area (Å²) in [6.07, 6.45) is 2.89. The molecule has 1 heterocycles. The smallest absolute Gasteiger partial charge is 0.223 e. The van der Waals surface area contributed by atoms with Crippen molar-refractivity contribution in [2.24, 2.45) is 11.7 Å². The average Bonchev–Trinajstić information content (AvgIpc) is 2.27. The van der Waals surface area contributed by atoms with Gasteiger partial charge in [0.2, 0.25) is 5.91 Å². The van der Waals surface area contributed by atoms with Crippen LogP contribution in [0.15, 0.2) is 0 Å². The highest BCUT2D eigenvalue weighted by molar-refractivity contribution is 5.77. The Hall–Kier alpha value is -0.940. The number of carbonyl (C=O) groups is 2. The molecule has 1 amide bonds. The van der Waals surface area contributed by atoms with Crippen molar-refractivity contribution < 1.29 is 19.1 Å². The number of rotatable bonds is 6. The number of unbranched alkanes of at least 4 members (excludes halogenated alkanes) is 1. The highest BCUT2D eigenvalue weighted by Gasteiger charge is 2.40. The Kier molecular flexibility index (Phi) is 5.28.